The molecule has 9 nitrogen and oxygen atoms in total. The Bertz CT molecular complexity index is 1150. The number of thioether (sulfide) groups is 1. The number of hydrogen-bond acceptors (Lipinski definition) is 11. The van der Waals surface area contributed by atoms with Crippen LogP contribution < -0.4 is 15.5 Å². The molecule has 5 rings (SSSR count). The lowest BCUT2D eigenvalue weighted by atomic mass is 10.1. The highest BCUT2D eigenvalue weighted by Gasteiger charge is 2.25. The number of thiophene rings is 1. The molecular weight excluding hydrogens is 513 g/mol. The van der Waals surface area contributed by atoms with Gasteiger partial charge in [0.1, 0.15) is 0 Å². The molecule has 0 saturated carbocycles. The van der Waals surface area contributed by atoms with Gasteiger partial charge in [0.25, 0.3) is 0 Å². The third kappa shape index (κ3) is 6.72. The molecule has 12 heteroatoms. The molecule has 2 aliphatic rings. The summed E-state index contributed by atoms with van der Waals surface area (Å²) in [4.78, 5) is 20.1. The number of likely N-dealkylation sites (tertiary alicyclic amines) is 1. The van der Waals surface area contributed by atoms with Crippen molar-refractivity contribution in [3.05, 3.63) is 39.7 Å². The topological polar surface area (TPSA) is 99.2 Å². The lowest BCUT2D eigenvalue weighted by Gasteiger charge is -2.31. The van der Waals surface area contributed by atoms with Gasteiger partial charge in [-0.25, -0.2) is 0 Å². The summed E-state index contributed by atoms with van der Waals surface area (Å²) in [5, 5.41) is 24.7. The van der Waals surface area contributed by atoms with Crippen molar-refractivity contribution in [2.75, 3.05) is 47.5 Å². The number of rotatable bonds is 9. The first-order valence-corrected chi connectivity index (χ1v) is 15.0. The van der Waals surface area contributed by atoms with Crippen molar-refractivity contribution < 1.29 is 4.79 Å². The molecule has 36 heavy (non-hydrogen) atoms. The number of piperidine rings is 1. The zero-order chi connectivity index (χ0) is 24.9. The summed E-state index contributed by atoms with van der Waals surface area (Å²) in [6, 6.07) is 6.46. The van der Waals surface area contributed by atoms with E-state index in [9.17, 15) is 4.79 Å². The first-order chi connectivity index (χ1) is 17.5. The van der Waals surface area contributed by atoms with Gasteiger partial charge in [-0.05, 0) is 70.0 Å². The van der Waals surface area contributed by atoms with E-state index in [0.29, 0.717) is 16.1 Å². The molecule has 192 valence electrons. The number of amides is 1. The fourth-order valence-electron chi connectivity index (χ4n) is 4.72. The van der Waals surface area contributed by atoms with Crippen LogP contribution in [0, 0.1) is 13.8 Å². The molecule has 0 bridgehead atoms. The Morgan fingerprint density at radius 1 is 1.11 bits per heavy atom. The molecule has 3 aromatic rings. The zero-order valence-electron chi connectivity index (χ0n) is 20.6. The van der Waals surface area contributed by atoms with Crippen molar-refractivity contribution in [1.82, 2.24) is 25.3 Å². The van der Waals surface area contributed by atoms with Crippen molar-refractivity contribution in [2.45, 2.75) is 50.9 Å². The van der Waals surface area contributed by atoms with Crippen LogP contribution in [0.25, 0.3) is 0 Å². The quantitative estimate of drug-likeness (QED) is 0.414. The summed E-state index contributed by atoms with van der Waals surface area (Å²) >= 11 is 5.03. The Hall–Kier alpha value is -2.28. The van der Waals surface area contributed by atoms with Gasteiger partial charge in [-0.3, -0.25) is 15.0 Å². The Balaban J connectivity index is 1.00. The van der Waals surface area contributed by atoms with Gasteiger partial charge in [0.05, 0.1) is 5.75 Å². The van der Waals surface area contributed by atoms with Crippen LogP contribution in [0.4, 0.5) is 16.1 Å². The molecule has 2 aliphatic heterocycles. The summed E-state index contributed by atoms with van der Waals surface area (Å²) in [7, 11) is 0. The van der Waals surface area contributed by atoms with E-state index < -0.39 is 0 Å². The minimum atomic E-state index is -0.0100. The Morgan fingerprint density at radius 3 is 2.69 bits per heavy atom. The highest BCUT2D eigenvalue weighted by molar-refractivity contribution is 8.00. The number of aryl methyl sites for hydroxylation is 2. The van der Waals surface area contributed by atoms with Crippen molar-refractivity contribution in [2.24, 2.45) is 0 Å². The van der Waals surface area contributed by atoms with Crippen molar-refractivity contribution in [3.63, 3.8) is 0 Å². The van der Waals surface area contributed by atoms with E-state index in [4.69, 9.17) is 0 Å². The highest BCUT2D eigenvalue weighted by Crippen LogP contribution is 2.28. The lowest BCUT2D eigenvalue weighted by Crippen LogP contribution is -2.34. The summed E-state index contributed by atoms with van der Waals surface area (Å²) in [5.41, 5.74) is 1.46. The third-order valence-electron chi connectivity index (χ3n) is 6.59. The normalized spacial score (nSPS) is 19.1. The predicted molar refractivity (Wildman–Crippen MR) is 149 cm³/mol. The molecule has 0 radical (unpaired) electrons. The minimum Gasteiger partial charge on any atom is -0.355 e. The Labute approximate surface area is 224 Å². The van der Waals surface area contributed by atoms with Crippen LogP contribution in [-0.2, 0) is 11.3 Å². The van der Waals surface area contributed by atoms with Crippen molar-refractivity contribution in [3.8, 4) is 0 Å². The lowest BCUT2D eigenvalue weighted by molar-refractivity contribution is -0.113. The van der Waals surface area contributed by atoms with E-state index in [-0.39, 0.29) is 11.9 Å². The van der Waals surface area contributed by atoms with E-state index in [2.05, 4.69) is 60.7 Å². The first kappa shape index (κ1) is 25.4. The van der Waals surface area contributed by atoms with Gasteiger partial charge in [0.2, 0.25) is 16.2 Å². The maximum Gasteiger partial charge on any atom is 0.236 e. The molecule has 5 heterocycles. The predicted octanol–water partition coefficient (Wildman–Crippen LogP) is 4.03. The second-order valence-electron chi connectivity index (χ2n) is 9.34. The van der Waals surface area contributed by atoms with E-state index in [0.717, 1.165) is 62.9 Å². The average molecular weight is 545 g/mol. The number of anilines is 3. The van der Waals surface area contributed by atoms with Gasteiger partial charge in [-0.15, -0.1) is 38.4 Å². The monoisotopic (exact) mass is 544 g/mol. The maximum atomic E-state index is 12.5. The van der Waals surface area contributed by atoms with Crippen LogP contribution in [0.5, 0.6) is 0 Å². The molecule has 2 N–H and O–H groups in total. The minimum absolute atomic E-state index is 0.0100. The molecule has 0 unspecified atom stereocenters. The van der Waals surface area contributed by atoms with Crippen LogP contribution in [0.1, 0.15) is 34.6 Å². The average Bonchev–Trinajstić information content (AvgIpc) is 3.60. The second kappa shape index (κ2) is 11.8. The van der Waals surface area contributed by atoms with Gasteiger partial charge in [-0.1, -0.05) is 11.3 Å². The second-order valence-corrected chi connectivity index (χ2v) is 13.1. The number of carbonyl (C=O) groups is 1. The third-order valence-corrected chi connectivity index (χ3v) is 9.74. The Morgan fingerprint density at radius 2 is 1.94 bits per heavy atom. The first-order valence-electron chi connectivity index (χ1n) is 12.3. The summed E-state index contributed by atoms with van der Waals surface area (Å²) in [5.74, 6) is 1.33. The summed E-state index contributed by atoms with van der Waals surface area (Å²) in [6.45, 7) is 9.38. The molecule has 1 atom stereocenters. The standard InChI is InChI=1S/C24H32N8OS3/c1-16-12-18(17(2)35-16)13-31-9-6-20(7-10-31)34-15-22(33)27-24-30-29-23(36-24)26-19-5-11-32(14-19)21-4-3-8-25-28-21/h3-4,8,12,19-20H,5-7,9-11,13-15H2,1-2H3,(H,26,29)(H,27,30,33)/t19-/m1/s1. The van der Waals surface area contributed by atoms with Gasteiger partial charge in [0.15, 0.2) is 5.82 Å². The van der Waals surface area contributed by atoms with Crippen LogP contribution in [-0.4, -0.2) is 74.4 Å². The number of aromatic nitrogens is 4. The van der Waals surface area contributed by atoms with Crippen LogP contribution in [0.2, 0.25) is 0 Å². The van der Waals surface area contributed by atoms with Crippen molar-refractivity contribution in [1.29, 1.82) is 0 Å². The van der Waals surface area contributed by atoms with E-state index >= 15 is 0 Å². The highest BCUT2D eigenvalue weighted by atomic mass is 32.2. The van der Waals surface area contributed by atoms with Gasteiger partial charge in [-0.2, -0.15) is 5.10 Å². The SMILES string of the molecule is Cc1cc(CN2CCC(SCC(=O)Nc3nnc(N[C@@H]4CCN(c5cccnn5)C4)s3)CC2)c(C)s1. The fourth-order valence-corrected chi connectivity index (χ4v) is 7.40. The van der Waals surface area contributed by atoms with Crippen LogP contribution in [0.15, 0.2) is 24.4 Å². The van der Waals surface area contributed by atoms with Gasteiger partial charge >= 0.3 is 0 Å². The zero-order valence-corrected chi connectivity index (χ0v) is 23.1. The van der Waals surface area contributed by atoms with E-state index in [1.807, 2.05) is 23.5 Å². The van der Waals surface area contributed by atoms with Gasteiger partial charge in [0, 0.05) is 46.9 Å². The van der Waals surface area contributed by atoms with Crippen LogP contribution in [0.3, 0.4) is 0 Å². The van der Waals surface area contributed by atoms with E-state index in [1.165, 1.54) is 26.7 Å². The number of hydrogen-bond donors (Lipinski definition) is 2. The Kier molecular flexibility index (Phi) is 8.35. The molecule has 2 saturated heterocycles. The molecule has 3 aromatic heterocycles. The van der Waals surface area contributed by atoms with Gasteiger partial charge < -0.3 is 10.2 Å². The summed E-state index contributed by atoms with van der Waals surface area (Å²) < 4.78 is 0. The molecule has 2 fully saturated rings. The molecular formula is C24H32N8OS3. The molecule has 0 aliphatic carbocycles. The van der Waals surface area contributed by atoms with Crippen LogP contribution >= 0.6 is 34.4 Å². The number of carbonyl (C=O) groups excluding carboxylic acids is 1. The largest absolute Gasteiger partial charge is 0.355 e. The van der Waals surface area contributed by atoms with Crippen molar-refractivity contribution >= 4 is 56.4 Å². The maximum absolute atomic E-state index is 12.5. The number of nitrogens with one attached hydrogen (secondary N) is 2. The fraction of sp³-hybridized carbons (Fsp3) is 0.542. The molecule has 0 aromatic carbocycles. The molecule has 1 amide bonds. The molecule has 0 spiro atoms. The summed E-state index contributed by atoms with van der Waals surface area (Å²) in [6.07, 6.45) is 4.92. The van der Waals surface area contributed by atoms with E-state index in [1.54, 1.807) is 18.0 Å². The number of nitrogens with zero attached hydrogens (tertiary/aromatic N) is 6. The smallest absolute Gasteiger partial charge is 0.236 e.